The predicted molar refractivity (Wildman–Crippen MR) is 83.0 cm³/mol. The predicted octanol–water partition coefficient (Wildman–Crippen LogP) is 2.09. The van der Waals surface area contributed by atoms with Crippen molar-refractivity contribution in [2.75, 3.05) is 6.54 Å². The van der Waals surface area contributed by atoms with Crippen molar-refractivity contribution in [3.8, 4) is 0 Å². The van der Waals surface area contributed by atoms with Crippen LogP contribution < -0.4 is 5.32 Å². The third kappa shape index (κ3) is 6.37. The van der Waals surface area contributed by atoms with Gasteiger partial charge in [-0.3, -0.25) is 9.48 Å². The maximum atomic E-state index is 13.3. The molecule has 8 heteroatoms. The summed E-state index contributed by atoms with van der Waals surface area (Å²) in [6.07, 6.45) is 5.75. The monoisotopic (exact) mass is 332 g/mol. The first-order valence-electron chi connectivity index (χ1n) is 5.78. The van der Waals surface area contributed by atoms with E-state index in [0.29, 0.717) is 18.7 Å². The molecule has 0 fully saturated rings. The minimum Gasteiger partial charge on any atom is -0.351 e. The zero-order valence-corrected chi connectivity index (χ0v) is 12.6. The molecule has 21 heavy (non-hydrogen) atoms. The average molecular weight is 333 g/mol. The van der Waals surface area contributed by atoms with Gasteiger partial charge < -0.3 is 5.32 Å². The van der Waals surface area contributed by atoms with Crippen LogP contribution in [0.2, 0.25) is 0 Å². The van der Waals surface area contributed by atoms with Crippen LogP contribution in [0.5, 0.6) is 0 Å². The fraction of sp³-hybridized carbons (Fsp3) is 0.154. The molecule has 1 aromatic heterocycles. The normalized spacial score (nSPS) is 9.76. The molecule has 5 nitrogen and oxygen atoms in total. The van der Waals surface area contributed by atoms with Crippen molar-refractivity contribution < 1.29 is 9.18 Å². The van der Waals surface area contributed by atoms with E-state index in [2.05, 4.69) is 15.4 Å². The van der Waals surface area contributed by atoms with Gasteiger partial charge in [0.05, 0.1) is 6.54 Å². The van der Waals surface area contributed by atoms with Crippen LogP contribution in [0, 0.1) is 5.82 Å². The second-order valence-corrected chi connectivity index (χ2v) is 3.80. The molecule has 1 aromatic carbocycles. The van der Waals surface area contributed by atoms with E-state index in [0.717, 1.165) is 0 Å². The van der Waals surface area contributed by atoms with Crippen LogP contribution in [0.15, 0.2) is 43.0 Å². The fourth-order valence-corrected chi connectivity index (χ4v) is 1.48. The summed E-state index contributed by atoms with van der Waals surface area (Å²) in [5.74, 6) is -0.627. The summed E-state index contributed by atoms with van der Waals surface area (Å²) in [6, 6.07) is 6.27. The Kier molecular flexibility index (Phi) is 9.00. The molecule has 1 heterocycles. The van der Waals surface area contributed by atoms with E-state index >= 15 is 0 Å². The number of amides is 1. The molecule has 0 saturated heterocycles. The molecule has 0 spiro atoms. The van der Waals surface area contributed by atoms with Gasteiger partial charge in [0.25, 0.3) is 0 Å². The zero-order valence-electron chi connectivity index (χ0n) is 11.0. The summed E-state index contributed by atoms with van der Waals surface area (Å²) < 4.78 is 14.9. The van der Waals surface area contributed by atoms with Gasteiger partial charge in [-0.25, -0.2) is 9.37 Å². The third-order valence-electron chi connectivity index (χ3n) is 2.43. The Morgan fingerprint density at radius 3 is 2.76 bits per heavy atom. The summed E-state index contributed by atoms with van der Waals surface area (Å²) in [7, 11) is 0. The first-order valence-corrected chi connectivity index (χ1v) is 5.78. The van der Waals surface area contributed by atoms with Crippen molar-refractivity contribution in [1.29, 1.82) is 0 Å². The molecule has 114 valence electrons. The van der Waals surface area contributed by atoms with E-state index in [1.807, 2.05) is 0 Å². The van der Waals surface area contributed by atoms with Gasteiger partial charge in [-0.15, -0.1) is 24.8 Å². The number of nitrogens with one attached hydrogen (secondary N) is 1. The molecule has 0 aliphatic heterocycles. The topological polar surface area (TPSA) is 59.8 Å². The maximum Gasteiger partial charge on any atom is 0.244 e. The number of benzene rings is 1. The van der Waals surface area contributed by atoms with E-state index < -0.39 is 0 Å². The Balaban J connectivity index is 0.00000200. The van der Waals surface area contributed by atoms with E-state index in [9.17, 15) is 9.18 Å². The standard InChI is InChI=1S/C13H13FN4O.2ClH/c14-12-4-2-1-3-11(12)5-6-13(19)16-7-8-18-10-15-9-17-18;;/h1-6,9-10H,7-8H2,(H,16,19);2*1H. The van der Waals surface area contributed by atoms with Crippen LogP contribution in [0.4, 0.5) is 4.39 Å². The van der Waals surface area contributed by atoms with Crippen LogP contribution >= 0.6 is 24.8 Å². The lowest BCUT2D eigenvalue weighted by atomic mass is 10.2. The quantitative estimate of drug-likeness (QED) is 0.853. The van der Waals surface area contributed by atoms with Crippen molar-refractivity contribution in [2.24, 2.45) is 0 Å². The van der Waals surface area contributed by atoms with E-state index in [1.165, 1.54) is 24.5 Å². The zero-order chi connectivity index (χ0) is 13.5. The SMILES string of the molecule is Cl.Cl.O=C(C=Cc1ccccc1F)NCCn1cncn1. The van der Waals surface area contributed by atoms with Gasteiger partial charge in [0, 0.05) is 18.2 Å². The van der Waals surface area contributed by atoms with Crippen molar-refractivity contribution in [2.45, 2.75) is 6.54 Å². The largest absolute Gasteiger partial charge is 0.351 e. The summed E-state index contributed by atoms with van der Waals surface area (Å²) in [6.45, 7) is 0.975. The summed E-state index contributed by atoms with van der Waals surface area (Å²) in [4.78, 5) is 15.3. The fourth-order valence-electron chi connectivity index (χ4n) is 1.48. The molecule has 0 radical (unpaired) electrons. The highest BCUT2D eigenvalue weighted by atomic mass is 35.5. The molecule has 1 N–H and O–H groups in total. The van der Waals surface area contributed by atoms with E-state index in [1.54, 1.807) is 29.2 Å². The highest BCUT2D eigenvalue weighted by Crippen LogP contribution is 2.07. The molecule has 2 aromatic rings. The molecular weight excluding hydrogens is 318 g/mol. The van der Waals surface area contributed by atoms with Gasteiger partial charge in [0.2, 0.25) is 5.91 Å². The highest BCUT2D eigenvalue weighted by molar-refractivity contribution is 5.91. The van der Waals surface area contributed by atoms with Crippen molar-refractivity contribution in [1.82, 2.24) is 20.1 Å². The first-order chi connectivity index (χ1) is 9.25. The summed E-state index contributed by atoms with van der Waals surface area (Å²) >= 11 is 0. The van der Waals surface area contributed by atoms with Gasteiger partial charge in [-0.1, -0.05) is 18.2 Å². The Hall–Kier alpha value is -1.92. The number of hydrogen-bond acceptors (Lipinski definition) is 3. The number of hydrogen-bond donors (Lipinski definition) is 1. The second kappa shape index (κ2) is 9.90. The van der Waals surface area contributed by atoms with Crippen molar-refractivity contribution in [3.63, 3.8) is 0 Å². The number of carbonyl (C=O) groups is 1. The lowest BCUT2D eigenvalue weighted by Gasteiger charge is -2.01. The Morgan fingerprint density at radius 2 is 2.10 bits per heavy atom. The first kappa shape index (κ1) is 19.1. The average Bonchev–Trinajstić information content (AvgIpc) is 2.91. The van der Waals surface area contributed by atoms with E-state index in [4.69, 9.17) is 0 Å². The lowest BCUT2D eigenvalue weighted by Crippen LogP contribution is -2.25. The molecule has 1 amide bonds. The van der Waals surface area contributed by atoms with Gasteiger partial charge in [0.15, 0.2) is 0 Å². The summed E-state index contributed by atoms with van der Waals surface area (Å²) in [5.41, 5.74) is 0.383. The molecule has 2 rings (SSSR count). The van der Waals surface area contributed by atoms with Crippen molar-refractivity contribution in [3.05, 3.63) is 54.4 Å². The van der Waals surface area contributed by atoms with Crippen LogP contribution in [0.3, 0.4) is 0 Å². The Morgan fingerprint density at radius 1 is 1.33 bits per heavy atom. The molecule has 0 saturated carbocycles. The maximum absolute atomic E-state index is 13.3. The smallest absolute Gasteiger partial charge is 0.244 e. The molecule has 0 aliphatic carbocycles. The minimum atomic E-state index is -0.353. The number of nitrogens with zero attached hydrogens (tertiary/aromatic N) is 3. The van der Waals surface area contributed by atoms with Crippen LogP contribution in [0.25, 0.3) is 6.08 Å². The van der Waals surface area contributed by atoms with Gasteiger partial charge in [0.1, 0.15) is 18.5 Å². The Labute approximate surface area is 134 Å². The van der Waals surface area contributed by atoms with Gasteiger partial charge in [-0.05, 0) is 12.1 Å². The van der Waals surface area contributed by atoms with Crippen LogP contribution in [-0.4, -0.2) is 27.2 Å². The van der Waals surface area contributed by atoms with Crippen LogP contribution in [0.1, 0.15) is 5.56 Å². The number of aromatic nitrogens is 3. The van der Waals surface area contributed by atoms with Gasteiger partial charge in [-0.2, -0.15) is 5.10 Å². The Bertz CT molecular complexity index is 575. The minimum absolute atomic E-state index is 0. The number of carbonyl (C=O) groups excluding carboxylic acids is 1. The molecule has 0 unspecified atom stereocenters. The second-order valence-electron chi connectivity index (χ2n) is 3.80. The van der Waals surface area contributed by atoms with E-state index in [-0.39, 0.29) is 36.5 Å². The van der Waals surface area contributed by atoms with Crippen LogP contribution in [-0.2, 0) is 11.3 Å². The molecule has 0 bridgehead atoms. The summed E-state index contributed by atoms with van der Waals surface area (Å²) in [5, 5.41) is 6.58. The third-order valence-corrected chi connectivity index (χ3v) is 2.43. The number of rotatable bonds is 5. The lowest BCUT2D eigenvalue weighted by molar-refractivity contribution is -0.116. The molecule has 0 atom stereocenters. The molecule has 0 aliphatic rings. The molecular formula is C13H15Cl2FN4O. The highest BCUT2D eigenvalue weighted by Gasteiger charge is 1.98. The number of halogens is 3. The van der Waals surface area contributed by atoms with Gasteiger partial charge >= 0.3 is 0 Å². The van der Waals surface area contributed by atoms with Crippen molar-refractivity contribution >= 4 is 36.8 Å².